The Morgan fingerprint density at radius 2 is 2.00 bits per heavy atom. The minimum Gasteiger partial charge on any atom is -0.496 e. The number of benzene rings is 1. The predicted octanol–water partition coefficient (Wildman–Crippen LogP) is 4.11. The fourth-order valence-corrected chi connectivity index (χ4v) is 3.31. The van der Waals surface area contributed by atoms with E-state index in [-0.39, 0.29) is 12.4 Å². The van der Waals surface area contributed by atoms with Gasteiger partial charge in [-0.05, 0) is 36.8 Å². The van der Waals surface area contributed by atoms with Crippen LogP contribution in [0, 0.1) is 5.82 Å². The highest BCUT2D eigenvalue weighted by Crippen LogP contribution is 2.29. The molecule has 0 saturated heterocycles. The van der Waals surface area contributed by atoms with Gasteiger partial charge in [0.2, 0.25) is 0 Å². The van der Waals surface area contributed by atoms with Crippen molar-refractivity contribution in [2.45, 2.75) is 19.9 Å². The van der Waals surface area contributed by atoms with Gasteiger partial charge >= 0.3 is 0 Å². The van der Waals surface area contributed by atoms with E-state index >= 15 is 0 Å². The molecule has 0 atom stereocenters. The van der Waals surface area contributed by atoms with Gasteiger partial charge in [0, 0.05) is 35.1 Å². The summed E-state index contributed by atoms with van der Waals surface area (Å²) < 4.78 is 21.3. The van der Waals surface area contributed by atoms with Crippen LogP contribution < -0.4 is 10.1 Å². The van der Waals surface area contributed by atoms with Gasteiger partial charge in [-0.3, -0.25) is 9.38 Å². The Bertz CT molecular complexity index is 1120. The van der Waals surface area contributed by atoms with E-state index in [9.17, 15) is 4.39 Å². The number of aromatic nitrogens is 4. The lowest BCUT2D eigenvalue weighted by molar-refractivity contribution is 0.405. The van der Waals surface area contributed by atoms with Gasteiger partial charge in [0.25, 0.3) is 0 Å². The van der Waals surface area contributed by atoms with Crippen molar-refractivity contribution < 1.29 is 9.13 Å². The SMILES string of the molecule is CCc1ncccc1-c1ccc(NCc2c(F)cccc2OC)n2cnnc12. The summed E-state index contributed by atoms with van der Waals surface area (Å²) in [5.74, 6) is 0.953. The summed E-state index contributed by atoms with van der Waals surface area (Å²) in [5.41, 5.74) is 4.18. The van der Waals surface area contributed by atoms with Gasteiger partial charge in [0.05, 0.1) is 7.11 Å². The van der Waals surface area contributed by atoms with E-state index in [2.05, 4.69) is 27.4 Å². The molecular weight excluding hydrogens is 357 g/mol. The highest BCUT2D eigenvalue weighted by atomic mass is 19.1. The fourth-order valence-electron chi connectivity index (χ4n) is 3.31. The number of fused-ring (bicyclic) bond motifs is 1. The van der Waals surface area contributed by atoms with Crippen LogP contribution in [0.25, 0.3) is 16.8 Å². The summed E-state index contributed by atoms with van der Waals surface area (Å²) in [5, 5.41) is 11.6. The number of ether oxygens (including phenoxy) is 1. The molecule has 0 bridgehead atoms. The molecule has 7 heteroatoms. The first-order chi connectivity index (χ1) is 13.7. The number of halogens is 1. The third kappa shape index (κ3) is 3.15. The van der Waals surface area contributed by atoms with Crippen LogP contribution in [0.2, 0.25) is 0 Å². The number of anilines is 1. The molecule has 0 spiro atoms. The van der Waals surface area contributed by atoms with Crippen LogP contribution in [-0.4, -0.2) is 26.7 Å². The lowest BCUT2D eigenvalue weighted by Gasteiger charge is -2.14. The number of methoxy groups -OCH3 is 1. The molecule has 0 unspecified atom stereocenters. The van der Waals surface area contributed by atoms with Crippen molar-refractivity contribution in [1.29, 1.82) is 0 Å². The number of nitrogens with one attached hydrogen (secondary N) is 1. The third-order valence-corrected chi connectivity index (χ3v) is 4.71. The minimum atomic E-state index is -0.314. The molecule has 0 aliphatic heterocycles. The fraction of sp³-hybridized carbons (Fsp3) is 0.190. The van der Waals surface area contributed by atoms with Gasteiger partial charge in [-0.2, -0.15) is 0 Å². The Morgan fingerprint density at radius 1 is 1.11 bits per heavy atom. The minimum absolute atomic E-state index is 0.273. The second-order valence-corrected chi connectivity index (χ2v) is 6.28. The van der Waals surface area contributed by atoms with Crippen molar-refractivity contribution in [1.82, 2.24) is 19.6 Å². The zero-order chi connectivity index (χ0) is 19.5. The van der Waals surface area contributed by atoms with E-state index in [1.54, 1.807) is 24.7 Å². The zero-order valence-corrected chi connectivity index (χ0v) is 15.7. The maximum atomic E-state index is 14.2. The molecule has 0 aliphatic rings. The average Bonchev–Trinajstić information content (AvgIpc) is 3.22. The van der Waals surface area contributed by atoms with Crippen LogP contribution in [0.5, 0.6) is 5.75 Å². The van der Waals surface area contributed by atoms with Gasteiger partial charge in [-0.1, -0.05) is 19.1 Å². The Morgan fingerprint density at radius 3 is 2.82 bits per heavy atom. The standard InChI is InChI=1S/C21H20FN5O/c1-3-18-14(6-5-11-23-18)15-9-10-20(27-13-25-26-21(15)27)24-12-16-17(22)7-4-8-19(16)28-2/h4-11,13,24H,3,12H2,1-2H3. The molecule has 142 valence electrons. The number of hydrogen-bond acceptors (Lipinski definition) is 5. The smallest absolute Gasteiger partial charge is 0.170 e. The zero-order valence-electron chi connectivity index (χ0n) is 15.7. The molecule has 3 aromatic heterocycles. The summed E-state index contributed by atoms with van der Waals surface area (Å²) in [4.78, 5) is 4.46. The number of rotatable bonds is 6. The van der Waals surface area contributed by atoms with E-state index in [1.807, 2.05) is 28.7 Å². The van der Waals surface area contributed by atoms with Gasteiger partial charge in [0.15, 0.2) is 5.65 Å². The van der Waals surface area contributed by atoms with E-state index in [4.69, 9.17) is 4.74 Å². The number of hydrogen-bond donors (Lipinski definition) is 1. The van der Waals surface area contributed by atoms with Gasteiger partial charge in [-0.15, -0.1) is 10.2 Å². The molecule has 1 aromatic carbocycles. The molecule has 28 heavy (non-hydrogen) atoms. The van der Waals surface area contributed by atoms with Gasteiger partial charge in [-0.25, -0.2) is 4.39 Å². The van der Waals surface area contributed by atoms with Crippen molar-refractivity contribution in [2.24, 2.45) is 0 Å². The largest absolute Gasteiger partial charge is 0.496 e. The van der Waals surface area contributed by atoms with Crippen LogP contribution in [0.4, 0.5) is 10.2 Å². The van der Waals surface area contributed by atoms with E-state index in [0.717, 1.165) is 29.1 Å². The summed E-state index contributed by atoms with van der Waals surface area (Å²) in [6, 6.07) is 12.7. The van der Waals surface area contributed by atoms with Crippen LogP contribution >= 0.6 is 0 Å². The lowest BCUT2D eigenvalue weighted by atomic mass is 10.0. The normalized spacial score (nSPS) is 11.0. The molecule has 6 nitrogen and oxygen atoms in total. The molecule has 3 heterocycles. The number of pyridine rings is 2. The third-order valence-electron chi connectivity index (χ3n) is 4.71. The first-order valence-corrected chi connectivity index (χ1v) is 9.05. The van der Waals surface area contributed by atoms with Crippen molar-refractivity contribution in [3.8, 4) is 16.9 Å². The summed E-state index contributed by atoms with van der Waals surface area (Å²) in [6.45, 7) is 2.35. The van der Waals surface area contributed by atoms with Crippen LogP contribution in [-0.2, 0) is 13.0 Å². The van der Waals surface area contributed by atoms with Gasteiger partial charge < -0.3 is 10.1 Å². The molecule has 0 saturated carbocycles. The first kappa shape index (κ1) is 17.9. The van der Waals surface area contributed by atoms with Crippen molar-refractivity contribution in [3.63, 3.8) is 0 Å². The maximum absolute atomic E-state index is 14.2. The topological polar surface area (TPSA) is 64.3 Å². The van der Waals surface area contributed by atoms with E-state index < -0.39 is 0 Å². The van der Waals surface area contributed by atoms with Crippen molar-refractivity contribution in [3.05, 3.63) is 72.1 Å². The molecule has 0 fully saturated rings. The second-order valence-electron chi connectivity index (χ2n) is 6.28. The maximum Gasteiger partial charge on any atom is 0.170 e. The van der Waals surface area contributed by atoms with E-state index in [1.165, 1.54) is 13.2 Å². The Labute approximate surface area is 162 Å². The van der Waals surface area contributed by atoms with E-state index in [0.29, 0.717) is 17.0 Å². The predicted molar refractivity (Wildman–Crippen MR) is 106 cm³/mol. The highest BCUT2D eigenvalue weighted by Gasteiger charge is 2.14. The van der Waals surface area contributed by atoms with Gasteiger partial charge in [0.1, 0.15) is 23.7 Å². The highest BCUT2D eigenvalue weighted by molar-refractivity contribution is 5.80. The van der Waals surface area contributed by atoms with Crippen LogP contribution in [0.15, 0.2) is 55.0 Å². The van der Waals surface area contributed by atoms with Crippen molar-refractivity contribution >= 4 is 11.5 Å². The first-order valence-electron chi connectivity index (χ1n) is 9.05. The molecule has 0 amide bonds. The molecular formula is C21H20FN5O. The molecule has 4 rings (SSSR count). The average molecular weight is 377 g/mol. The Kier molecular flexibility index (Phi) is 4.89. The molecule has 4 aromatic rings. The summed E-state index contributed by atoms with van der Waals surface area (Å²) in [7, 11) is 1.53. The Hall–Kier alpha value is -3.48. The number of nitrogens with zero attached hydrogens (tertiary/aromatic N) is 4. The summed E-state index contributed by atoms with van der Waals surface area (Å²) in [6.07, 6.45) is 4.26. The monoisotopic (exact) mass is 377 g/mol. The summed E-state index contributed by atoms with van der Waals surface area (Å²) >= 11 is 0. The molecule has 0 aliphatic carbocycles. The van der Waals surface area contributed by atoms with Crippen LogP contribution in [0.3, 0.4) is 0 Å². The molecule has 1 N–H and O–H groups in total. The molecule has 0 radical (unpaired) electrons. The van der Waals surface area contributed by atoms with Crippen LogP contribution in [0.1, 0.15) is 18.2 Å². The quantitative estimate of drug-likeness (QED) is 0.548. The number of aryl methyl sites for hydroxylation is 1. The van der Waals surface area contributed by atoms with Crippen molar-refractivity contribution in [2.75, 3.05) is 12.4 Å². The lowest BCUT2D eigenvalue weighted by Crippen LogP contribution is -2.07. The second kappa shape index (κ2) is 7.64. The Balaban J connectivity index is 1.71.